The predicted molar refractivity (Wildman–Crippen MR) is 87.5 cm³/mol. The maximum atomic E-state index is 14.0. The van der Waals surface area contributed by atoms with Crippen molar-refractivity contribution in [1.82, 2.24) is 4.90 Å². The summed E-state index contributed by atoms with van der Waals surface area (Å²) >= 11 is 5.99. The van der Waals surface area contributed by atoms with Gasteiger partial charge in [-0.05, 0) is 31.9 Å². The first-order valence-corrected chi connectivity index (χ1v) is 8.41. The molecule has 5 nitrogen and oxygen atoms in total. The third kappa shape index (κ3) is 4.92. The van der Waals surface area contributed by atoms with Gasteiger partial charge in [0.15, 0.2) is 0 Å². The third-order valence-corrected chi connectivity index (χ3v) is 4.12. The summed E-state index contributed by atoms with van der Waals surface area (Å²) < 4.78 is 24.5. The molecule has 0 bridgehead atoms. The lowest BCUT2D eigenvalue weighted by Gasteiger charge is -2.25. The number of hydrogen-bond acceptors (Lipinski definition) is 4. The second-order valence-corrected chi connectivity index (χ2v) is 5.95. The zero-order valence-corrected chi connectivity index (χ0v) is 14.4. The second-order valence-electron chi connectivity index (χ2n) is 5.54. The van der Waals surface area contributed by atoms with Gasteiger partial charge in [0.05, 0.1) is 29.7 Å². The smallest absolute Gasteiger partial charge is 0.307 e. The van der Waals surface area contributed by atoms with E-state index in [-0.39, 0.29) is 36.3 Å². The van der Waals surface area contributed by atoms with E-state index in [1.807, 2.05) is 0 Å². The highest BCUT2D eigenvalue weighted by atomic mass is 35.5. The van der Waals surface area contributed by atoms with Crippen molar-refractivity contribution in [2.45, 2.75) is 32.3 Å². The Balaban J connectivity index is 2.13. The first-order chi connectivity index (χ1) is 11.5. The average Bonchev–Trinajstić information content (AvgIpc) is 3.04. The Morgan fingerprint density at radius 2 is 2.25 bits per heavy atom. The predicted octanol–water partition coefficient (Wildman–Crippen LogP) is 3.05. The molecule has 0 N–H and O–H groups in total. The molecule has 0 spiro atoms. The maximum Gasteiger partial charge on any atom is 0.307 e. The van der Waals surface area contributed by atoms with E-state index in [1.165, 1.54) is 23.1 Å². The molecule has 0 aromatic heterocycles. The highest BCUT2D eigenvalue weighted by Gasteiger charge is 2.27. The number of hydrogen-bond donors (Lipinski definition) is 0. The molecule has 1 amide bonds. The summed E-state index contributed by atoms with van der Waals surface area (Å²) in [5.41, 5.74) is -0.180. The lowest BCUT2D eigenvalue weighted by Crippen LogP contribution is -2.39. The summed E-state index contributed by atoms with van der Waals surface area (Å²) in [7, 11) is 0. The van der Waals surface area contributed by atoms with E-state index in [0.29, 0.717) is 13.2 Å². The second kappa shape index (κ2) is 8.99. The molecule has 7 heteroatoms. The van der Waals surface area contributed by atoms with Crippen molar-refractivity contribution in [3.63, 3.8) is 0 Å². The molecule has 1 heterocycles. The SMILES string of the molecule is CCOC(=O)CCN(CC1CCCO1)C(=O)c1c(F)cccc1Cl. The van der Waals surface area contributed by atoms with Gasteiger partial charge in [0.2, 0.25) is 0 Å². The van der Waals surface area contributed by atoms with Crippen LogP contribution in [-0.2, 0) is 14.3 Å². The number of esters is 1. The van der Waals surface area contributed by atoms with Gasteiger partial charge in [-0.2, -0.15) is 0 Å². The van der Waals surface area contributed by atoms with E-state index in [0.717, 1.165) is 12.8 Å². The van der Waals surface area contributed by atoms with Crippen molar-refractivity contribution < 1.29 is 23.5 Å². The summed E-state index contributed by atoms with van der Waals surface area (Å²) in [6, 6.07) is 4.10. The van der Waals surface area contributed by atoms with Gasteiger partial charge in [0.25, 0.3) is 5.91 Å². The molecule has 24 heavy (non-hydrogen) atoms. The van der Waals surface area contributed by atoms with Crippen LogP contribution >= 0.6 is 11.6 Å². The van der Waals surface area contributed by atoms with Crippen molar-refractivity contribution in [1.29, 1.82) is 0 Å². The van der Waals surface area contributed by atoms with E-state index in [9.17, 15) is 14.0 Å². The summed E-state index contributed by atoms with van der Waals surface area (Å²) in [5, 5.41) is 0.0495. The van der Waals surface area contributed by atoms with Crippen LogP contribution in [0.25, 0.3) is 0 Å². The molecule has 132 valence electrons. The zero-order valence-electron chi connectivity index (χ0n) is 13.6. The summed E-state index contributed by atoms with van der Waals surface area (Å²) in [6.45, 7) is 3.06. The van der Waals surface area contributed by atoms with E-state index in [2.05, 4.69) is 0 Å². The minimum Gasteiger partial charge on any atom is -0.466 e. The minimum absolute atomic E-state index is 0.0401. The molecule has 1 aromatic carbocycles. The molecule has 1 aliphatic rings. The van der Waals surface area contributed by atoms with Gasteiger partial charge in [-0.3, -0.25) is 9.59 Å². The van der Waals surface area contributed by atoms with Gasteiger partial charge in [0, 0.05) is 19.7 Å². The normalized spacial score (nSPS) is 16.9. The van der Waals surface area contributed by atoms with Crippen LogP contribution in [0.4, 0.5) is 4.39 Å². The van der Waals surface area contributed by atoms with E-state index < -0.39 is 17.7 Å². The molecule has 1 aliphatic heterocycles. The van der Waals surface area contributed by atoms with Crippen molar-refractivity contribution in [2.24, 2.45) is 0 Å². The number of nitrogens with zero attached hydrogens (tertiary/aromatic N) is 1. The first kappa shape index (κ1) is 18.7. The molecule has 0 radical (unpaired) electrons. The van der Waals surface area contributed by atoms with E-state index in [4.69, 9.17) is 21.1 Å². The largest absolute Gasteiger partial charge is 0.466 e. The highest BCUT2D eigenvalue weighted by Crippen LogP contribution is 2.22. The number of halogens is 2. The van der Waals surface area contributed by atoms with Crippen molar-refractivity contribution >= 4 is 23.5 Å². The van der Waals surface area contributed by atoms with Crippen LogP contribution in [0, 0.1) is 5.82 Å². The van der Waals surface area contributed by atoms with Crippen molar-refractivity contribution in [3.05, 3.63) is 34.6 Å². The monoisotopic (exact) mass is 357 g/mol. The number of benzene rings is 1. The van der Waals surface area contributed by atoms with Gasteiger partial charge < -0.3 is 14.4 Å². The fraction of sp³-hybridized carbons (Fsp3) is 0.529. The lowest BCUT2D eigenvalue weighted by atomic mass is 10.1. The van der Waals surface area contributed by atoms with Crippen molar-refractivity contribution in [3.8, 4) is 0 Å². The Hall–Kier alpha value is -1.66. The van der Waals surface area contributed by atoms with Gasteiger partial charge >= 0.3 is 5.97 Å². The van der Waals surface area contributed by atoms with Crippen LogP contribution in [0.5, 0.6) is 0 Å². The van der Waals surface area contributed by atoms with Crippen molar-refractivity contribution in [2.75, 3.05) is 26.3 Å². The molecule has 2 rings (SSSR count). The number of carbonyl (C=O) groups excluding carboxylic acids is 2. The van der Waals surface area contributed by atoms with Gasteiger partial charge in [0.1, 0.15) is 5.82 Å². The first-order valence-electron chi connectivity index (χ1n) is 8.03. The summed E-state index contributed by atoms with van der Waals surface area (Å²) in [5.74, 6) is -1.62. The van der Waals surface area contributed by atoms with Crippen LogP contribution in [0.3, 0.4) is 0 Å². The summed E-state index contributed by atoms with van der Waals surface area (Å²) in [4.78, 5) is 25.7. The molecule has 1 aromatic rings. The molecule has 1 atom stereocenters. The quantitative estimate of drug-likeness (QED) is 0.704. The van der Waals surface area contributed by atoms with Gasteiger partial charge in [-0.15, -0.1) is 0 Å². The lowest BCUT2D eigenvalue weighted by molar-refractivity contribution is -0.143. The van der Waals surface area contributed by atoms with Crippen LogP contribution < -0.4 is 0 Å². The molecule has 1 saturated heterocycles. The maximum absolute atomic E-state index is 14.0. The Labute approximate surface area is 145 Å². The number of rotatable bonds is 7. The Bertz CT molecular complexity index is 570. The van der Waals surface area contributed by atoms with E-state index in [1.54, 1.807) is 6.92 Å². The molecule has 0 aliphatic carbocycles. The Morgan fingerprint density at radius 3 is 2.88 bits per heavy atom. The molecule has 1 fully saturated rings. The molecule has 0 saturated carbocycles. The molecular formula is C17H21ClFNO4. The van der Waals surface area contributed by atoms with Crippen LogP contribution in [0.1, 0.15) is 36.5 Å². The third-order valence-electron chi connectivity index (χ3n) is 3.80. The zero-order chi connectivity index (χ0) is 17.5. The standard InChI is InChI=1S/C17H21ClFNO4/c1-2-23-15(21)8-9-20(11-12-5-4-10-24-12)17(22)16-13(18)6-3-7-14(16)19/h3,6-7,12H,2,4-5,8-11H2,1H3. The molecule has 1 unspecified atom stereocenters. The average molecular weight is 358 g/mol. The Morgan fingerprint density at radius 1 is 1.46 bits per heavy atom. The van der Waals surface area contributed by atoms with E-state index >= 15 is 0 Å². The number of amides is 1. The Kier molecular flexibility index (Phi) is 6.99. The number of carbonyl (C=O) groups is 2. The van der Waals surface area contributed by atoms with Crippen LogP contribution in [-0.4, -0.2) is 49.2 Å². The van der Waals surface area contributed by atoms with Crippen LogP contribution in [0.2, 0.25) is 5.02 Å². The topological polar surface area (TPSA) is 55.8 Å². The van der Waals surface area contributed by atoms with Crippen LogP contribution in [0.15, 0.2) is 18.2 Å². The fourth-order valence-electron chi connectivity index (χ4n) is 2.63. The number of ether oxygens (including phenoxy) is 2. The fourth-order valence-corrected chi connectivity index (χ4v) is 2.87. The van der Waals surface area contributed by atoms with Gasteiger partial charge in [-0.25, -0.2) is 4.39 Å². The molecular weight excluding hydrogens is 337 g/mol. The highest BCUT2D eigenvalue weighted by molar-refractivity contribution is 6.33. The van der Waals surface area contributed by atoms with Gasteiger partial charge in [-0.1, -0.05) is 17.7 Å². The minimum atomic E-state index is -0.680. The summed E-state index contributed by atoms with van der Waals surface area (Å²) in [6.07, 6.45) is 1.68.